The fourth-order valence-electron chi connectivity index (χ4n) is 5.15. The summed E-state index contributed by atoms with van der Waals surface area (Å²) in [6.07, 6.45) is 3.95. The predicted octanol–water partition coefficient (Wildman–Crippen LogP) is 7.39. The van der Waals surface area contributed by atoms with Crippen LogP contribution in [0.3, 0.4) is 0 Å². The van der Waals surface area contributed by atoms with Crippen LogP contribution in [0.15, 0.2) is 102 Å². The topological polar surface area (TPSA) is 90.5 Å². The lowest BCUT2D eigenvalue weighted by molar-refractivity contribution is -0.142. The molecule has 0 aliphatic heterocycles. The maximum Gasteiger partial charge on any atom is 0.310 e. The molecule has 40 heavy (non-hydrogen) atoms. The number of aromatic nitrogens is 1. The largest absolute Gasteiger partial charge is 0.488 e. The monoisotopic (exact) mass is 530 g/mol. The molecule has 0 radical (unpaired) electrons. The molecule has 0 unspecified atom stereocenters. The van der Waals surface area contributed by atoms with Crippen LogP contribution in [0, 0.1) is 0 Å². The minimum Gasteiger partial charge on any atom is -0.488 e. The highest BCUT2D eigenvalue weighted by Gasteiger charge is 2.18. The standard InChI is InChI=1S/C34H30N2O4/c1-2-38-33(37)17-24-9-3-6-13-32(24)39-20-26-21-40-34-28(26)15-25(23-10-7-8-22(14-23)18-35)16-29(34)30-19-36-31-12-5-4-11-27(30)31/h3-16,19,21,36H,2,17-18,20,35H2,1H3. The zero-order valence-electron chi connectivity index (χ0n) is 22.3. The summed E-state index contributed by atoms with van der Waals surface area (Å²) in [6, 6.07) is 28.4. The molecule has 2 heterocycles. The number of furan rings is 1. The zero-order chi connectivity index (χ0) is 27.5. The van der Waals surface area contributed by atoms with Crippen LogP contribution < -0.4 is 10.5 Å². The minimum absolute atomic E-state index is 0.155. The smallest absolute Gasteiger partial charge is 0.310 e. The number of carbonyl (C=O) groups is 1. The minimum atomic E-state index is -0.278. The molecule has 0 bridgehead atoms. The van der Waals surface area contributed by atoms with E-state index in [4.69, 9.17) is 19.6 Å². The Labute approximate surface area is 232 Å². The van der Waals surface area contributed by atoms with Gasteiger partial charge in [-0.25, -0.2) is 0 Å². The summed E-state index contributed by atoms with van der Waals surface area (Å²) in [5.41, 5.74) is 14.8. The molecule has 0 atom stereocenters. The molecular formula is C34H30N2O4. The van der Waals surface area contributed by atoms with Gasteiger partial charge in [-0.15, -0.1) is 0 Å². The molecule has 0 spiro atoms. The van der Waals surface area contributed by atoms with Crippen molar-refractivity contribution in [3.63, 3.8) is 0 Å². The summed E-state index contributed by atoms with van der Waals surface area (Å²) in [5.74, 6) is 0.369. The van der Waals surface area contributed by atoms with E-state index in [0.717, 1.165) is 60.8 Å². The number of esters is 1. The van der Waals surface area contributed by atoms with Gasteiger partial charge >= 0.3 is 5.97 Å². The van der Waals surface area contributed by atoms with Crippen molar-refractivity contribution in [1.82, 2.24) is 4.98 Å². The molecule has 0 saturated heterocycles. The predicted molar refractivity (Wildman–Crippen MR) is 158 cm³/mol. The second kappa shape index (κ2) is 11.1. The first-order valence-electron chi connectivity index (χ1n) is 13.4. The second-order valence-corrected chi connectivity index (χ2v) is 9.69. The lowest BCUT2D eigenvalue weighted by Crippen LogP contribution is -2.09. The van der Waals surface area contributed by atoms with Crippen molar-refractivity contribution in [2.24, 2.45) is 5.73 Å². The Morgan fingerprint density at radius 3 is 2.60 bits per heavy atom. The molecule has 200 valence electrons. The molecule has 6 heteroatoms. The number of aromatic amines is 1. The van der Waals surface area contributed by atoms with E-state index in [9.17, 15) is 4.79 Å². The van der Waals surface area contributed by atoms with Crippen LogP contribution in [0.1, 0.15) is 23.6 Å². The summed E-state index contributed by atoms with van der Waals surface area (Å²) >= 11 is 0. The molecule has 2 aromatic heterocycles. The Balaban J connectivity index is 1.43. The number of nitrogens with one attached hydrogen (secondary N) is 1. The average Bonchev–Trinajstić information content (AvgIpc) is 3.61. The maximum atomic E-state index is 12.1. The third kappa shape index (κ3) is 4.97. The first-order valence-corrected chi connectivity index (χ1v) is 13.4. The Hall–Kier alpha value is -4.81. The van der Waals surface area contributed by atoms with Gasteiger partial charge in [0, 0.05) is 51.3 Å². The Bertz CT molecular complexity index is 1810. The fourth-order valence-corrected chi connectivity index (χ4v) is 5.15. The zero-order valence-corrected chi connectivity index (χ0v) is 22.3. The number of carbonyl (C=O) groups excluding carboxylic acids is 1. The van der Waals surface area contributed by atoms with Crippen molar-refractivity contribution in [1.29, 1.82) is 0 Å². The molecule has 3 N–H and O–H groups in total. The number of hydrogen-bond acceptors (Lipinski definition) is 5. The summed E-state index contributed by atoms with van der Waals surface area (Å²) < 4.78 is 17.6. The van der Waals surface area contributed by atoms with Crippen LogP contribution in [-0.4, -0.2) is 17.6 Å². The van der Waals surface area contributed by atoms with E-state index in [2.05, 4.69) is 41.4 Å². The summed E-state index contributed by atoms with van der Waals surface area (Å²) in [7, 11) is 0. The van der Waals surface area contributed by atoms with E-state index in [1.165, 1.54) is 0 Å². The highest BCUT2D eigenvalue weighted by atomic mass is 16.5. The number of nitrogens with two attached hydrogens (primary N) is 1. The maximum absolute atomic E-state index is 12.1. The number of para-hydroxylation sites is 2. The molecule has 0 fully saturated rings. The van der Waals surface area contributed by atoms with Gasteiger partial charge in [0.2, 0.25) is 0 Å². The molecule has 6 aromatic rings. The van der Waals surface area contributed by atoms with E-state index in [1.54, 1.807) is 13.2 Å². The van der Waals surface area contributed by atoms with E-state index < -0.39 is 0 Å². The van der Waals surface area contributed by atoms with Gasteiger partial charge in [-0.3, -0.25) is 4.79 Å². The van der Waals surface area contributed by atoms with Gasteiger partial charge in [-0.1, -0.05) is 54.6 Å². The highest BCUT2D eigenvalue weighted by Crippen LogP contribution is 2.40. The van der Waals surface area contributed by atoms with Crippen LogP contribution in [0.2, 0.25) is 0 Å². The number of rotatable bonds is 9. The number of benzene rings is 4. The van der Waals surface area contributed by atoms with E-state index in [-0.39, 0.29) is 19.0 Å². The van der Waals surface area contributed by atoms with Crippen LogP contribution in [-0.2, 0) is 29.1 Å². The normalized spacial score (nSPS) is 11.2. The van der Waals surface area contributed by atoms with Crippen LogP contribution in [0.5, 0.6) is 5.75 Å². The van der Waals surface area contributed by atoms with Gasteiger partial charge in [0.1, 0.15) is 17.9 Å². The van der Waals surface area contributed by atoms with Gasteiger partial charge in [-0.05, 0) is 53.9 Å². The molecule has 4 aromatic carbocycles. The lowest BCUT2D eigenvalue weighted by atomic mass is 9.94. The molecular weight excluding hydrogens is 500 g/mol. The molecule has 0 aliphatic rings. The second-order valence-electron chi connectivity index (χ2n) is 9.69. The van der Waals surface area contributed by atoms with Crippen molar-refractivity contribution in [2.75, 3.05) is 6.61 Å². The highest BCUT2D eigenvalue weighted by molar-refractivity contribution is 6.05. The van der Waals surface area contributed by atoms with E-state index in [1.807, 2.05) is 54.7 Å². The van der Waals surface area contributed by atoms with Gasteiger partial charge < -0.3 is 24.6 Å². The van der Waals surface area contributed by atoms with Crippen LogP contribution in [0.4, 0.5) is 0 Å². The number of hydrogen-bond donors (Lipinski definition) is 2. The van der Waals surface area contributed by atoms with Gasteiger partial charge in [0.05, 0.1) is 19.3 Å². The average molecular weight is 531 g/mol. The van der Waals surface area contributed by atoms with Crippen molar-refractivity contribution < 1.29 is 18.7 Å². The molecule has 6 rings (SSSR count). The van der Waals surface area contributed by atoms with Crippen molar-refractivity contribution in [2.45, 2.75) is 26.5 Å². The van der Waals surface area contributed by atoms with Gasteiger partial charge in [-0.2, -0.15) is 0 Å². The molecule has 0 saturated carbocycles. The third-order valence-corrected chi connectivity index (χ3v) is 7.13. The van der Waals surface area contributed by atoms with Crippen molar-refractivity contribution >= 4 is 27.8 Å². The Kier molecular flexibility index (Phi) is 7.08. The van der Waals surface area contributed by atoms with E-state index in [0.29, 0.717) is 18.9 Å². The molecule has 0 amide bonds. The van der Waals surface area contributed by atoms with Crippen molar-refractivity contribution in [3.8, 4) is 28.0 Å². The number of H-pyrrole nitrogens is 1. The van der Waals surface area contributed by atoms with Crippen LogP contribution in [0.25, 0.3) is 44.1 Å². The first-order chi connectivity index (χ1) is 19.6. The molecule has 6 nitrogen and oxygen atoms in total. The lowest BCUT2D eigenvalue weighted by Gasteiger charge is -2.12. The molecule has 0 aliphatic carbocycles. The Morgan fingerprint density at radius 2 is 1.73 bits per heavy atom. The van der Waals surface area contributed by atoms with E-state index >= 15 is 0 Å². The Morgan fingerprint density at radius 1 is 0.875 bits per heavy atom. The summed E-state index contributed by atoms with van der Waals surface area (Å²) in [4.78, 5) is 15.5. The van der Waals surface area contributed by atoms with Crippen LogP contribution >= 0.6 is 0 Å². The number of fused-ring (bicyclic) bond motifs is 2. The van der Waals surface area contributed by atoms with Gasteiger partial charge in [0.25, 0.3) is 0 Å². The first kappa shape index (κ1) is 25.5. The third-order valence-electron chi connectivity index (χ3n) is 7.13. The van der Waals surface area contributed by atoms with Gasteiger partial charge in [0.15, 0.2) is 0 Å². The quantitative estimate of drug-likeness (QED) is 0.190. The SMILES string of the molecule is CCOC(=O)Cc1ccccc1OCc1coc2c(-c3c[nH]c4ccccc34)cc(-c3cccc(CN)c3)cc12. The van der Waals surface area contributed by atoms with Crippen molar-refractivity contribution in [3.05, 3.63) is 114 Å². The number of ether oxygens (including phenoxy) is 2. The summed E-state index contributed by atoms with van der Waals surface area (Å²) in [5, 5.41) is 2.09. The summed E-state index contributed by atoms with van der Waals surface area (Å²) in [6.45, 7) is 2.90. The fraction of sp³-hybridized carbons (Fsp3) is 0.147.